The number of benzene rings is 1. The highest BCUT2D eigenvalue weighted by molar-refractivity contribution is 6.30. The highest BCUT2D eigenvalue weighted by Crippen LogP contribution is 2.21. The molecule has 0 unspecified atom stereocenters. The number of nitrogens with one attached hydrogen (secondary N) is 1. The molecule has 1 aromatic carbocycles. The Kier molecular flexibility index (Phi) is 3.38. The van der Waals surface area contributed by atoms with E-state index in [0.717, 1.165) is 12.1 Å². The minimum absolute atomic E-state index is 0.157. The quantitative estimate of drug-likeness (QED) is 0.865. The topological polar surface area (TPSA) is 69.6 Å². The van der Waals surface area contributed by atoms with Crippen molar-refractivity contribution in [3.05, 3.63) is 29.0 Å². The Morgan fingerprint density at radius 1 is 1.39 bits per heavy atom. The number of aliphatic carboxylic acids is 1. The molecule has 1 aromatic rings. The van der Waals surface area contributed by atoms with Crippen molar-refractivity contribution < 1.29 is 19.1 Å². The molecule has 1 fully saturated rings. The molecule has 2 rings (SSSR count). The van der Waals surface area contributed by atoms with Gasteiger partial charge < -0.3 is 15.3 Å². The molecule has 0 aromatic heterocycles. The Balaban J connectivity index is 1.94. The van der Waals surface area contributed by atoms with E-state index in [0.29, 0.717) is 0 Å². The molecule has 1 heterocycles. The zero-order chi connectivity index (χ0) is 13.3. The van der Waals surface area contributed by atoms with E-state index in [9.17, 15) is 14.0 Å². The lowest BCUT2D eigenvalue weighted by molar-refractivity contribution is -0.145. The van der Waals surface area contributed by atoms with Crippen LogP contribution in [-0.2, 0) is 4.79 Å². The number of nitrogens with zero attached hydrogens (tertiary/aromatic N) is 1. The van der Waals surface area contributed by atoms with Crippen LogP contribution >= 0.6 is 11.6 Å². The van der Waals surface area contributed by atoms with Crippen LogP contribution in [0.3, 0.4) is 0 Å². The summed E-state index contributed by atoms with van der Waals surface area (Å²) in [6.07, 6.45) is 0. The fourth-order valence-electron chi connectivity index (χ4n) is 1.63. The molecule has 5 nitrogen and oxygen atoms in total. The predicted octanol–water partition coefficient (Wildman–Crippen LogP) is 2.03. The van der Waals surface area contributed by atoms with Gasteiger partial charge >= 0.3 is 12.0 Å². The van der Waals surface area contributed by atoms with Crippen molar-refractivity contribution in [2.24, 2.45) is 5.92 Å². The van der Waals surface area contributed by atoms with Crippen LogP contribution in [0.4, 0.5) is 14.9 Å². The van der Waals surface area contributed by atoms with Crippen molar-refractivity contribution in [2.45, 2.75) is 0 Å². The maximum Gasteiger partial charge on any atom is 0.321 e. The van der Waals surface area contributed by atoms with Crippen LogP contribution in [0.1, 0.15) is 0 Å². The zero-order valence-corrected chi connectivity index (χ0v) is 9.95. The second kappa shape index (κ2) is 4.81. The lowest BCUT2D eigenvalue weighted by Crippen LogP contribution is -2.54. The summed E-state index contributed by atoms with van der Waals surface area (Å²) in [5.74, 6) is -2.00. The summed E-state index contributed by atoms with van der Waals surface area (Å²) in [4.78, 5) is 23.5. The number of carbonyl (C=O) groups is 2. The van der Waals surface area contributed by atoms with Gasteiger partial charge in [-0.3, -0.25) is 4.79 Å². The maximum atomic E-state index is 13.0. The van der Waals surface area contributed by atoms with Crippen LogP contribution < -0.4 is 5.32 Å². The molecule has 0 atom stereocenters. The fraction of sp³-hybridized carbons (Fsp3) is 0.273. The number of anilines is 1. The van der Waals surface area contributed by atoms with E-state index < -0.39 is 23.7 Å². The van der Waals surface area contributed by atoms with E-state index in [2.05, 4.69) is 5.32 Å². The first kappa shape index (κ1) is 12.6. The van der Waals surface area contributed by atoms with E-state index in [-0.39, 0.29) is 23.8 Å². The number of likely N-dealkylation sites (tertiary alicyclic amines) is 1. The van der Waals surface area contributed by atoms with E-state index in [1.165, 1.54) is 11.0 Å². The second-order valence-corrected chi connectivity index (χ2v) is 4.46. The van der Waals surface area contributed by atoms with Gasteiger partial charge in [0.1, 0.15) is 5.82 Å². The van der Waals surface area contributed by atoms with Crippen LogP contribution in [0.15, 0.2) is 18.2 Å². The summed E-state index contributed by atoms with van der Waals surface area (Å²) >= 11 is 5.64. The van der Waals surface area contributed by atoms with Gasteiger partial charge in [0.2, 0.25) is 0 Å². The van der Waals surface area contributed by atoms with Gasteiger partial charge in [-0.05, 0) is 18.2 Å². The van der Waals surface area contributed by atoms with Crippen molar-refractivity contribution in [1.29, 1.82) is 0 Å². The molecule has 0 spiro atoms. The Morgan fingerprint density at radius 2 is 2.06 bits per heavy atom. The van der Waals surface area contributed by atoms with Crippen molar-refractivity contribution in [3.8, 4) is 0 Å². The molecule has 1 saturated heterocycles. The third-order valence-electron chi connectivity index (χ3n) is 2.63. The number of hydrogen-bond donors (Lipinski definition) is 2. The normalized spacial score (nSPS) is 15.1. The molecule has 18 heavy (non-hydrogen) atoms. The standard InChI is InChI=1S/C11H10ClFN2O3/c12-7-1-8(13)3-9(2-7)14-11(18)15-4-6(5-15)10(16)17/h1-3,6H,4-5H2,(H,14,18)(H,16,17). The Morgan fingerprint density at radius 3 is 2.61 bits per heavy atom. The van der Waals surface area contributed by atoms with Gasteiger partial charge in [0.05, 0.1) is 5.92 Å². The van der Waals surface area contributed by atoms with E-state index in [1.807, 2.05) is 0 Å². The Hall–Kier alpha value is -1.82. The molecule has 0 saturated carbocycles. The Labute approximate surface area is 107 Å². The average Bonchev–Trinajstić information content (AvgIpc) is 2.11. The zero-order valence-electron chi connectivity index (χ0n) is 9.19. The molecule has 1 aliphatic heterocycles. The fourth-order valence-corrected chi connectivity index (χ4v) is 1.85. The van der Waals surface area contributed by atoms with Crippen molar-refractivity contribution >= 4 is 29.3 Å². The number of amides is 2. The number of urea groups is 1. The van der Waals surface area contributed by atoms with Crippen LogP contribution in [0, 0.1) is 11.7 Å². The average molecular weight is 273 g/mol. The van der Waals surface area contributed by atoms with Crippen LogP contribution in [0.25, 0.3) is 0 Å². The van der Waals surface area contributed by atoms with Crippen LogP contribution in [-0.4, -0.2) is 35.1 Å². The SMILES string of the molecule is O=C(O)C1CN(C(=O)Nc2cc(F)cc(Cl)c2)C1. The number of carboxylic acid groups (broad SMARTS) is 1. The molecule has 1 aliphatic rings. The first-order valence-electron chi connectivity index (χ1n) is 5.20. The number of carbonyl (C=O) groups excluding carboxylic acids is 1. The minimum Gasteiger partial charge on any atom is -0.481 e. The molecule has 96 valence electrons. The summed E-state index contributed by atoms with van der Waals surface area (Å²) in [5, 5.41) is 11.3. The summed E-state index contributed by atoms with van der Waals surface area (Å²) in [7, 11) is 0. The van der Waals surface area contributed by atoms with Gasteiger partial charge in [-0.15, -0.1) is 0 Å². The molecule has 0 bridgehead atoms. The Bertz CT molecular complexity index is 483. The third-order valence-corrected chi connectivity index (χ3v) is 2.85. The van der Waals surface area contributed by atoms with Gasteiger partial charge in [0.25, 0.3) is 0 Å². The first-order valence-corrected chi connectivity index (χ1v) is 5.58. The smallest absolute Gasteiger partial charge is 0.321 e. The van der Waals surface area contributed by atoms with Crippen LogP contribution in [0.5, 0.6) is 0 Å². The minimum atomic E-state index is -0.923. The van der Waals surface area contributed by atoms with Crippen LogP contribution in [0.2, 0.25) is 5.02 Å². The van der Waals surface area contributed by atoms with Gasteiger partial charge in [-0.1, -0.05) is 11.6 Å². The van der Waals surface area contributed by atoms with Crippen molar-refractivity contribution in [1.82, 2.24) is 4.90 Å². The highest BCUT2D eigenvalue weighted by Gasteiger charge is 2.35. The number of halogens is 2. The largest absolute Gasteiger partial charge is 0.481 e. The van der Waals surface area contributed by atoms with Gasteiger partial charge in [-0.2, -0.15) is 0 Å². The predicted molar refractivity (Wildman–Crippen MR) is 63.1 cm³/mol. The number of carboxylic acids is 1. The summed E-state index contributed by atoms with van der Waals surface area (Å²) in [6, 6.07) is 3.21. The lowest BCUT2D eigenvalue weighted by atomic mass is 10.0. The summed E-state index contributed by atoms with van der Waals surface area (Å²) in [6.45, 7) is 0.314. The molecule has 7 heteroatoms. The first-order chi connectivity index (χ1) is 8.45. The lowest BCUT2D eigenvalue weighted by Gasteiger charge is -2.36. The van der Waals surface area contributed by atoms with Gasteiger partial charge in [0.15, 0.2) is 0 Å². The monoisotopic (exact) mass is 272 g/mol. The maximum absolute atomic E-state index is 13.0. The highest BCUT2D eigenvalue weighted by atomic mass is 35.5. The third kappa shape index (κ3) is 2.70. The molecule has 2 amide bonds. The summed E-state index contributed by atoms with van der Waals surface area (Å²) < 4.78 is 13.0. The molecule has 2 N–H and O–H groups in total. The van der Waals surface area contributed by atoms with Crippen molar-refractivity contribution in [2.75, 3.05) is 18.4 Å². The van der Waals surface area contributed by atoms with E-state index in [1.54, 1.807) is 0 Å². The second-order valence-electron chi connectivity index (χ2n) is 4.03. The number of rotatable bonds is 2. The van der Waals surface area contributed by atoms with Gasteiger partial charge in [-0.25, -0.2) is 9.18 Å². The number of hydrogen-bond acceptors (Lipinski definition) is 2. The molecule has 0 radical (unpaired) electrons. The molecule has 0 aliphatic carbocycles. The van der Waals surface area contributed by atoms with E-state index >= 15 is 0 Å². The molecular formula is C11H10ClFN2O3. The molecular weight excluding hydrogens is 263 g/mol. The van der Waals surface area contributed by atoms with E-state index in [4.69, 9.17) is 16.7 Å². The summed E-state index contributed by atoms with van der Waals surface area (Å²) in [5.41, 5.74) is 0.240. The van der Waals surface area contributed by atoms with Crippen molar-refractivity contribution in [3.63, 3.8) is 0 Å². The van der Waals surface area contributed by atoms with Gasteiger partial charge in [0, 0.05) is 23.8 Å².